The number of rotatable bonds is 7. The van der Waals surface area contributed by atoms with Crippen molar-refractivity contribution in [1.82, 2.24) is 4.31 Å². The largest absolute Gasteiger partial charge is 0.378 e. The van der Waals surface area contributed by atoms with Gasteiger partial charge in [-0.05, 0) is 17.7 Å². The van der Waals surface area contributed by atoms with Crippen molar-refractivity contribution < 1.29 is 13.2 Å². The average molecular weight is 347 g/mol. The second-order valence-electron chi connectivity index (χ2n) is 5.44. The van der Waals surface area contributed by atoms with Gasteiger partial charge in [0.25, 0.3) is 0 Å². The minimum atomic E-state index is -3.66. The van der Waals surface area contributed by atoms with Crippen LogP contribution in [-0.4, -0.2) is 51.0 Å². The monoisotopic (exact) mass is 347 g/mol. The molecule has 1 aromatic carbocycles. The molecular formula is C17H21N3O3S. The van der Waals surface area contributed by atoms with Crippen LogP contribution in [0.4, 0.5) is 0 Å². The predicted octanol–water partition coefficient (Wildman–Crippen LogP) is 1.99. The molecule has 1 atom stereocenters. The number of ether oxygens (including phenoxy) is 1. The van der Waals surface area contributed by atoms with E-state index in [0.717, 1.165) is 12.4 Å². The minimum Gasteiger partial charge on any atom is -0.378 e. The summed E-state index contributed by atoms with van der Waals surface area (Å²) in [4.78, 5) is 0.160. The molecule has 1 heterocycles. The fourth-order valence-electron chi connectivity index (χ4n) is 2.59. The van der Waals surface area contributed by atoms with E-state index in [1.807, 2.05) is 0 Å². The highest BCUT2D eigenvalue weighted by atomic mass is 32.2. The molecule has 0 radical (unpaired) electrons. The number of allylic oxidation sites excluding steroid dienone is 1. The van der Waals surface area contributed by atoms with Gasteiger partial charge >= 0.3 is 0 Å². The van der Waals surface area contributed by atoms with Gasteiger partial charge in [0.15, 0.2) is 0 Å². The Morgan fingerprint density at radius 2 is 1.83 bits per heavy atom. The van der Waals surface area contributed by atoms with E-state index in [4.69, 9.17) is 15.6 Å². The molecule has 1 fully saturated rings. The molecule has 2 N–H and O–H groups in total. The van der Waals surface area contributed by atoms with Crippen molar-refractivity contribution in [2.24, 2.45) is 0 Å². The van der Waals surface area contributed by atoms with Crippen LogP contribution in [0.5, 0.6) is 0 Å². The lowest BCUT2D eigenvalue weighted by Gasteiger charge is -2.32. The van der Waals surface area contributed by atoms with Crippen LogP contribution in [0.1, 0.15) is 5.56 Å². The molecule has 1 saturated heterocycles. The van der Waals surface area contributed by atoms with E-state index in [2.05, 4.69) is 13.2 Å². The maximum absolute atomic E-state index is 12.8. The molecule has 0 saturated carbocycles. The third kappa shape index (κ3) is 3.10. The molecule has 6 nitrogen and oxygen atoms in total. The van der Waals surface area contributed by atoms with Gasteiger partial charge in [-0.15, -0.1) is 13.2 Å². The quantitative estimate of drug-likeness (QED) is 0.583. The van der Waals surface area contributed by atoms with Crippen LogP contribution in [0, 0.1) is 10.8 Å². The Hall–Kier alpha value is -2.09. The molecule has 1 aliphatic rings. The standard InChI is InChI=1S/C17H21N3O3S/c1-3-15-11-23-10-9-20(15)24(21,22)16-7-5-14(6-8-16)17(4-2,12-18)13-19/h3-8,12-13,15,18-19H,1-2,9-11H2/t15-,17?/m0/s1. The van der Waals surface area contributed by atoms with Crippen molar-refractivity contribution >= 4 is 22.5 Å². The van der Waals surface area contributed by atoms with Crippen LogP contribution in [0.15, 0.2) is 54.5 Å². The summed E-state index contributed by atoms with van der Waals surface area (Å²) in [5.41, 5.74) is -0.408. The zero-order valence-electron chi connectivity index (χ0n) is 13.3. The molecule has 0 bridgehead atoms. The van der Waals surface area contributed by atoms with Crippen molar-refractivity contribution in [1.29, 1.82) is 10.8 Å². The van der Waals surface area contributed by atoms with E-state index >= 15 is 0 Å². The molecule has 0 amide bonds. The molecular weight excluding hydrogens is 326 g/mol. The molecule has 0 spiro atoms. The fourth-order valence-corrected chi connectivity index (χ4v) is 4.16. The minimum absolute atomic E-state index is 0.160. The summed E-state index contributed by atoms with van der Waals surface area (Å²) in [6, 6.07) is 5.80. The highest BCUT2D eigenvalue weighted by Crippen LogP contribution is 2.26. The van der Waals surface area contributed by atoms with Crippen molar-refractivity contribution in [2.75, 3.05) is 19.8 Å². The van der Waals surface area contributed by atoms with Gasteiger partial charge < -0.3 is 15.6 Å². The molecule has 1 aromatic rings. The Kier molecular flexibility index (Phi) is 5.48. The summed E-state index contributed by atoms with van der Waals surface area (Å²) < 4.78 is 32.4. The zero-order valence-corrected chi connectivity index (χ0v) is 14.1. The lowest BCUT2D eigenvalue weighted by Crippen LogP contribution is -2.47. The van der Waals surface area contributed by atoms with Crippen molar-refractivity contribution in [3.63, 3.8) is 0 Å². The summed E-state index contributed by atoms with van der Waals surface area (Å²) in [5, 5.41) is 15.1. The van der Waals surface area contributed by atoms with Gasteiger partial charge in [-0.25, -0.2) is 8.42 Å². The number of hydrogen-bond donors (Lipinski definition) is 2. The van der Waals surface area contributed by atoms with Gasteiger partial charge in [0, 0.05) is 19.0 Å². The number of morpholine rings is 1. The molecule has 24 heavy (non-hydrogen) atoms. The fraction of sp³-hybridized carbons (Fsp3) is 0.294. The Morgan fingerprint density at radius 3 is 2.33 bits per heavy atom. The van der Waals surface area contributed by atoms with E-state index in [0.29, 0.717) is 18.8 Å². The first-order chi connectivity index (χ1) is 11.4. The van der Waals surface area contributed by atoms with Gasteiger partial charge in [-0.2, -0.15) is 4.31 Å². The summed E-state index contributed by atoms with van der Waals surface area (Å²) in [6.45, 7) is 8.26. The molecule has 7 heteroatoms. The van der Waals surface area contributed by atoms with Crippen LogP contribution < -0.4 is 0 Å². The first-order valence-electron chi connectivity index (χ1n) is 7.44. The van der Waals surface area contributed by atoms with Gasteiger partial charge in [0.2, 0.25) is 10.0 Å². The van der Waals surface area contributed by atoms with Gasteiger partial charge in [-0.1, -0.05) is 24.3 Å². The summed E-state index contributed by atoms with van der Waals surface area (Å²) in [5.74, 6) is 0. The number of nitrogens with zero attached hydrogens (tertiary/aromatic N) is 1. The van der Waals surface area contributed by atoms with Crippen molar-refractivity contribution in [3.8, 4) is 0 Å². The van der Waals surface area contributed by atoms with Crippen molar-refractivity contribution in [3.05, 3.63) is 55.1 Å². The first kappa shape index (κ1) is 18.3. The van der Waals surface area contributed by atoms with Crippen LogP contribution in [0.2, 0.25) is 0 Å². The second-order valence-corrected chi connectivity index (χ2v) is 7.33. The Balaban J connectivity index is 2.39. The van der Waals surface area contributed by atoms with Gasteiger partial charge in [0.1, 0.15) is 0 Å². The first-order valence-corrected chi connectivity index (χ1v) is 8.88. The summed E-state index contributed by atoms with van der Waals surface area (Å²) in [6.07, 6.45) is 5.25. The predicted molar refractivity (Wildman–Crippen MR) is 94.6 cm³/mol. The highest BCUT2D eigenvalue weighted by Gasteiger charge is 2.33. The average Bonchev–Trinajstić information content (AvgIpc) is 2.64. The molecule has 0 aliphatic carbocycles. The summed E-state index contributed by atoms with van der Waals surface area (Å²) >= 11 is 0. The highest BCUT2D eigenvalue weighted by molar-refractivity contribution is 7.89. The molecule has 0 unspecified atom stereocenters. The van der Waals surface area contributed by atoms with E-state index < -0.39 is 15.4 Å². The Morgan fingerprint density at radius 1 is 1.21 bits per heavy atom. The summed E-state index contributed by atoms with van der Waals surface area (Å²) in [7, 11) is -3.66. The van der Waals surface area contributed by atoms with Crippen LogP contribution >= 0.6 is 0 Å². The Labute approximate surface area is 142 Å². The molecule has 1 aliphatic heterocycles. The lowest BCUT2D eigenvalue weighted by atomic mass is 9.83. The third-order valence-corrected chi connectivity index (χ3v) is 6.10. The second kappa shape index (κ2) is 7.21. The SMILES string of the molecule is C=C[C@H]1COCCN1S(=O)(=O)c1ccc(C(C=C)(C=N)C=N)cc1. The van der Waals surface area contributed by atoms with E-state index in [-0.39, 0.29) is 17.5 Å². The lowest BCUT2D eigenvalue weighted by molar-refractivity contribution is 0.0489. The maximum atomic E-state index is 12.8. The van der Waals surface area contributed by atoms with E-state index in [1.165, 1.54) is 22.5 Å². The van der Waals surface area contributed by atoms with Crippen LogP contribution in [-0.2, 0) is 20.2 Å². The van der Waals surface area contributed by atoms with Crippen LogP contribution in [0.3, 0.4) is 0 Å². The third-order valence-electron chi connectivity index (χ3n) is 4.16. The number of nitrogens with one attached hydrogen (secondary N) is 2. The molecule has 0 aromatic heterocycles. The van der Waals surface area contributed by atoms with Crippen molar-refractivity contribution in [2.45, 2.75) is 16.4 Å². The number of benzene rings is 1. The zero-order chi connectivity index (χ0) is 17.8. The number of sulfonamides is 1. The molecule has 2 rings (SSSR count). The topological polar surface area (TPSA) is 94.3 Å². The van der Waals surface area contributed by atoms with Gasteiger partial charge in [0.05, 0.1) is 29.6 Å². The maximum Gasteiger partial charge on any atom is 0.243 e. The van der Waals surface area contributed by atoms with E-state index in [1.54, 1.807) is 18.2 Å². The molecule has 128 valence electrons. The Bertz CT molecular complexity index is 719. The van der Waals surface area contributed by atoms with Gasteiger partial charge in [-0.3, -0.25) is 0 Å². The smallest absolute Gasteiger partial charge is 0.243 e. The van der Waals surface area contributed by atoms with Crippen LogP contribution in [0.25, 0.3) is 0 Å². The normalized spacial score (nSPS) is 21.4. The van der Waals surface area contributed by atoms with E-state index in [9.17, 15) is 8.42 Å². The number of hydrogen-bond acceptors (Lipinski definition) is 5.